The molecular formula is C9H21NS2. The minimum atomic E-state index is 0.239. The summed E-state index contributed by atoms with van der Waals surface area (Å²) in [6, 6.07) is 0.627. The highest BCUT2D eigenvalue weighted by Gasteiger charge is 2.25. The molecule has 1 unspecified atom stereocenters. The Morgan fingerprint density at radius 3 is 2.17 bits per heavy atom. The molecule has 0 aromatic rings. The molecular weight excluding hydrogens is 186 g/mol. The highest BCUT2D eigenvalue weighted by molar-refractivity contribution is 8.07. The van der Waals surface area contributed by atoms with Gasteiger partial charge in [-0.3, -0.25) is 0 Å². The van der Waals surface area contributed by atoms with Crippen LogP contribution in [0.5, 0.6) is 0 Å². The van der Waals surface area contributed by atoms with E-state index in [-0.39, 0.29) is 5.54 Å². The molecule has 1 nitrogen and oxygen atoms in total. The first-order valence-electron chi connectivity index (χ1n) is 4.46. The second-order valence-electron chi connectivity index (χ2n) is 4.01. The van der Waals surface area contributed by atoms with Gasteiger partial charge in [-0.1, -0.05) is 18.9 Å². The Hall–Kier alpha value is 0.660. The van der Waals surface area contributed by atoms with Crippen LogP contribution in [0.1, 0.15) is 41.0 Å². The zero-order valence-electron chi connectivity index (χ0n) is 8.79. The van der Waals surface area contributed by atoms with E-state index in [9.17, 15) is 0 Å². The lowest BCUT2D eigenvalue weighted by Gasteiger charge is -2.38. The number of hydrogen-bond acceptors (Lipinski definition) is 3. The van der Waals surface area contributed by atoms with E-state index in [0.29, 0.717) is 6.04 Å². The van der Waals surface area contributed by atoms with Crippen molar-refractivity contribution < 1.29 is 0 Å². The van der Waals surface area contributed by atoms with Gasteiger partial charge in [0.2, 0.25) is 0 Å². The molecule has 0 fully saturated rings. The molecule has 0 amide bonds. The van der Waals surface area contributed by atoms with E-state index in [2.05, 4.69) is 51.6 Å². The summed E-state index contributed by atoms with van der Waals surface area (Å²) in [4.78, 5) is 0. The van der Waals surface area contributed by atoms with Crippen LogP contribution >= 0.6 is 24.6 Å². The number of nitrogens with zero attached hydrogens (tertiary/aromatic N) is 1. The Balaban J connectivity index is 4.22. The van der Waals surface area contributed by atoms with Gasteiger partial charge in [-0.15, -0.1) is 0 Å². The van der Waals surface area contributed by atoms with Crippen LogP contribution < -0.4 is 0 Å². The van der Waals surface area contributed by atoms with E-state index in [4.69, 9.17) is 0 Å². The van der Waals surface area contributed by atoms with Crippen LogP contribution in [0.15, 0.2) is 0 Å². The third kappa shape index (κ3) is 4.06. The first kappa shape index (κ1) is 12.7. The summed E-state index contributed by atoms with van der Waals surface area (Å²) in [5.41, 5.74) is 0.239. The summed E-state index contributed by atoms with van der Waals surface area (Å²) in [5.74, 6) is 0. The predicted molar refractivity (Wildman–Crippen MR) is 62.8 cm³/mol. The van der Waals surface area contributed by atoms with Crippen molar-refractivity contribution in [3.05, 3.63) is 0 Å². The lowest BCUT2D eigenvalue weighted by molar-refractivity contribution is 0.217. The van der Waals surface area contributed by atoms with Gasteiger partial charge in [0.05, 0.1) is 5.08 Å². The topological polar surface area (TPSA) is 3.24 Å². The zero-order valence-corrected chi connectivity index (χ0v) is 10.5. The summed E-state index contributed by atoms with van der Waals surface area (Å²) < 4.78 is 2.43. The minimum absolute atomic E-state index is 0.239. The number of hydrogen-bond donors (Lipinski definition) is 1. The van der Waals surface area contributed by atoms with Gasteiger partial charge in [0.15, 0.2) is 0 Å². The van der Waals surface area contributed by atoms with Crippen LogP contribution in [0.25, 0.3) is 0 Å². The molecule has 0 aliphatic heterocycles. The van der Waals surface area contributed by atoms with Crippen LogP contribution in [-0.2, 0) is 0 Å². The SMILES string of the molecule is CCC(C)N(SCS)C(C)(C)C. The quantitative estimate of drug-likeness (QED) is 0.427. The average Bonchev–Trinajstić information content (AvgIpc) is 1.96. The predicted octanol–water partition coefficient (Wildman–Crippen LogP) is 3.42. The second-order valence-corrected chi connectivity index (χ2v) is 5.70. The average molecular weight is 207 g/mol. The zero-order chi connectivity index (χ0) is 9.78. The number of thiol groups is 1. The van der Waals surface area contributed by atoms with Crippen LogP contribution in [0.4, 0.5) is 0 Å². The Morgan fingerprint density at radius 1 is 1.42 bits per heavy atom. The molecule has 3 heteroatoms. The summed E-state index contributed by atoms with van der Waals surface area (Å²) in [5, 5.41) is 0.863. The van der Waals surface area contributed by atoms with Crippen molar-refractivity contribution in [3.63, 3.8) is 0 Å². The smallest absolute Gasteiger partial charge is 0.0509 e. The largest absolute Gasteiger partial charge is 0.242 e. The normalized spacial score (nSPS) is 15.2. The van der Waals surface area contributed by atoms with E-state index in [1.165, 1.54) is 6.42 Å². The van der Waals surface area contributed by atoms with Gasteiger partial charge in [-0.25, -0.2) is 4.31 Å². The monoisotopic (exact) mass is 207 g/mol. The minimum Gasteiger partial charge on any atom is -0.242 e. The molecule has 74 valence electrons. The first-order valence-corrected chi connectivity index (χ1v) is 6.04. The molecule has 0 aromatic heterocycles. The van der Waals surface area contributed by atoms with E-state index in [0.717, 1.165) is 5.08 Å². The molecule has 1 atom stereocenters. The molecule has 0 heterocycles. The van der Waals surface area contributed by atoms with E-state index < -0.39 is 0 Å². The molecule has 12 heavy (non-hydrogen) atoms. The lowest BCUT2D eigenvalue weighted by Crippen LogP contribution is -2.41. The Kier molecular flexibility index (Phi) is 5.70. The molecule has 0 bridgehead atoms. The maximum atomic E-state index is 4.25. The van der Waals surface area contributed by atoms with Gasteiger partial charge in [0, 0.05) is 11.6 Å². The molecule has 0 spiro atoms. The molecule has 0 aliphatic carbocycles. The van der Waals surface area contributed by atoms with Gasteiger partial charge >= 0.3 is 0 Å². The van der Waals surface area contributed by atoms with Gasteiger partial charge in [0.1, 0.15) is 0 Å². The molecule has 0 rings (SSSR count). The summed E-state index contributed by atoms with van der Waals surface area (Å²) in [7, 11) is 0. The van der Waals surface area contributed by atoms with Crippen molar-refractivity contribution in [1.29, 1.82) is 0 Å². The van der Waals surface area contributed by atoms with Crippen molar-refractivity contribution in [1.82, 2.24) is 4.31 Å². The summed E-state index contributed by atoms with van der Waals surface area (Å²) >= 11 is 6.06. The van der Waals surface area contributed by atoms with Crippen molar-refractivity contribution in [2.45, 2.75) is 52.6 Å². The van der Waals surface area contributed by atoms with Crippen molar-refractivity contribution in [3.8, 4) is 0 Å². The van der Waals surface area contributed by atoms with Crippen LogP contribution in [0, 0.1) is 0 Å². The van der Waals surface area contributed by atoms with E-state index in [1.54, 1.807) is 0 Å². The van der Waals surface area contributed by atoms with Crippen LogP contribution in [0.2, 0.25) is 0 Å². The molecule has 0 saturated carbocycles. The molecule has 0 aromatic carbocycles. The van der Waals surface area contributed by atoms with Gasteiger partial charge in [0.25, 0.3) is 0 Å². The molecule has 0 N–H and O–H groups in total. The highest BCUT2D eigenvalue weighted by Crippen LogP contribution is 2.27. The fourth-order valence-electron chi connectivity index (χ4n) is 1.21. The van der Waals surface area contributed by atoms with Crippen LogP contribution in [-0.4, -0.2) is 21.0 Å². The van der Waals surface area contributed by atoms with Crippen molar-refractivity contribution >= 4 is 24.6 Å². The van der Waals surface area contributed by atoms with Gasteiger partial charge in [-0.2, -0.15) is 12.6 Å². The maximum Gasteiger partial charge on any atom is 0.0509 e. The second kappa shape index (κ2) is 5.40. The van der Waals surface area contributed by atoms with E-state index in [1.807, 2.05) is 11.9 Å². The number of rotatable bonds is 4. The Bertz CT molecular complexity index is 120. The van der Waals surface area contributed by atoms with Gasteiger partial charge in [-0.05, 0) is 34.1 Å². The first-order chi connectivity index (χ1) is 5.43. The van der Waals surface area contributed by atoms with E-state index >= 15 is 0 Å². The lowest BCUT2D eigenvalue weighted by atomic mass is 10.1. The fourth-order valence-corrected chi connectivity index (χ4v) is 2.50. The third-order valence-electron chi connectivity index (χ3n) is 1.85. The summed E-state index contributed by atoms with van der Waals surface area (Å²) in [6.45, 7) is 11.2. The summed E-state index contributed by atoms with van der Waals surface area (Å²) in [6.07, 6.45) is 1.19. The van der Waals surface area contributed by atoms with Gasteiger partial charge < -0.3 is 0 Å². The fraction of sp³-hybridized carbons (Fsp3) is 1.00. The standard InChI is InChI=1S/C9H21NS2/c1-6-8(2)10(12-7-11)9(3,4)5/h8,11H,6-7H2,1-5H3. The highest BCUT2D eigenvalue weighted by atomic mass is 32.2. The molecule has 0 radical (unpaired) electrons. The Labute approximate surface area is 86.8 Å². The molecule has 0 aliphatic rings. The Morgan fingerprint density at radius 2 is 1.92 bits per heavy atom. The van der Waals surface area contributed by atoms with Crippen LogP contribution in [0.3, 0.4) is 0 Å². The maximum absolute atomic E-state index is 4.25. The third-order valence-corrected chi connectivity index (χ3v) is 3.50. The van der Waals surface area contributed by atoms with Crippen molar-refractivity contribution in [2.24, 2.45) is 0 Å². The molecule has 0 saturated heterocycles. The van der Waals surface area contributed by atoms with Crippen molar-refractivity contribution in [2.75, 3.05) is 5.08 Å².